The molecule has 31 heavy (non-hydrogen) atoms. The quantitative estimate of drug-likeness (QED) is 0.583. The molecule has 1 saturated heterocycles. The van der Waals surface area contributed by atoms with Gasteiger partial charge in [-0.15, -0.1) is 0 Å². The number of sulfonamides is 1. The molecule has 1 fully saturated rings. The smallest absolute Gasteiger partial charge is 0.270 e. The first-order valence-corrected chi connectivity index (χ1v) is 11.7. The lowest BCUT2D eigenvalue weighted by Crippen LogP contribution is -2.28. The fourth-order valence-electron chi connectivity index (χ4n) is 3.61. The van der Waals surface area contributed by atoms with Crippen molar-refractivity contribution in [2.24, 2.45) is 0 Å². The molecule has 0 saturated carbocycles. The van der Waals surface area contributed by atoms with E-state index in [4.69, 9.17) is 0 Å². The zero-order valence-corrected chi connectivity index (χ0v) is 17.8. The van der Waals surface area contributed by atoms with Crippen LogP contribution in [0.5, 0.6) is 0 Å². The molecular formula is C22H24N4O4S. The molecule has 1 aromatic heterocycles. The van der Waals surface area contributed by atoms with Crippen molar-refractivity contribution in [1.29, 1.82) is 0 Å². The maximum absolute atomic E-state index is 12.6. The predicted octanol–water partition coefficient (Wildman–Crippen LogP) is 1.96. The number of hydrogen-bond donors (Lipinski definition) is 2. The second-order valence-electron chi connectivity index (χ2n) is 7.56. The van der Waals surface area contributed by atoms with Crippen molar-refractivity contribution >= 4 is 27.0 Å². The van der Waals surface area contributed by atoms with E-state index in [9.17, 15) is 18.0 Å². The topological polar surface area (TPSA) is 112 Å². The number of aryl methyl sites for hydroxylation is 1. The molecule has 0 unspecified atom stereocenters. The van der Waals surface area contributed by atoms with Crippen molar-refractivity contribution in [1.82, 2.24) is 19.6 Å². The monoisotopic (exact) mass is 440 g/mol. The van der Waals surface area contributed by atoms with Crippen LogP contribution in [-0.2, 0) is 27.8 Å². The molecule has 4 rings (SSSR count). The van der Waals surface area contributed by atoms with E-state index < -0.39 is 10.0 Å². The molecule has 1 aliphatic rings. The number of fused-ring (bicyclic) bond motifs is 1. The van der Waals surface area contributed by atoms with E-state index >= 15 is 0 Å². The fraction of sp³-hybridized carbons (Fsp3) is 0.318. The summed E-state index contributed by atoms with van der Waals surface area (Å²) in [5.41, 5.74) is 2.18. The lowest BCUT2D eigenvalue weighted by Gasteiger charge is -2.15. The third-order valence-electron chi connectivity index (χ3n) is 5.37. The van der Waals surface area contributed by atoms with Crippen LogP contribution in [0.3, 0.4) is 0 Å². The summed E-state index contributed by atoms with van der Waals surface area (Å²) in [4.78, 5) is 31.7. The Kier molecular flexibility index (Phi) is 6.15. The van der Waals surface area contributed by atoms with Gasteiger partial charge in [-0.2, -0.15) is 4.31 Å². The molecule has 0 aliphatic carbocycles. The molecule has 8 nitrogen and oxygen atoms in total. The Labute approximate surface area is 180 Å². The lowest BCUT2D eigenvalue weighted by molar-refractivity contribution is -0.121. The molecule has 0 atom stereocenters. The summed E-state index contributed by atoms with van der Waals surface area (Å²) in [7, 11) is -3.44. The van der Waals surface area contributed by atoms with Gasteiger partial charge in [0.2, 0.25) is 15.9 Å². The van der Waals surface area contributed by atoms with Gasteiger partial charge in [-0.3, -0.25) is 9.59 Å². The first kappa shape index (κ1) is 21.2. The molecular weight excluding hydrogens is 416 g/mol. The van der Waals surface area contributed by atoms with Crippen molar-refractivity contribution in [2.45, 2.75) is 37.1 Å². The van der Waals surface area contributed by atoms with Crippen LogP contribution in [0.1, 0.15) is 30.5 Å². The summed E-state index contributed by atoms with van der Waals surface area (Å²) < 4.78 is 26.6. The molecule has 0 radical (unpaired) electrons. The van der Waals surface area contributed by atoms with Gasteiger partial charge in [0.25, 0.3) is 5.56 Å². The molecule has 3 aromatic rings. The van der Waals surface area contributed by atoms with Crippen molar-refractivity contribution in [3.05, 3.63) is 70.1 Å². The number of rotatable bonds is 7. The normalized spacial score (nSPS) is 14.7. The molecule has 9 heteroatoms. The van der Waals surface area contributed by atoms with Crippen LogP contribution in [0.15, 0.2) is 58.2 Å². The highest BCUT2D eigenvalue weighted by molar-refractivity contribution is 7.89. The summed E-state index contributed by atoms with van der Waals surface area (Å²) in [6.45, 7) is 1.41. The number of benzene rings is 2. The standard InChI is InChI=1S/C22H24N4O4S/c27-21(12-11-20-22(28)25-19-6-2-1-5-18(19)24-20)23-15-16-7-9-17(10-8-16)31(29,30)26-13-3-4-14-26/h1-2,5-10H,3-4,11-15H2,(H,23,27)(H,25,28). The molecule has 2 heterocycles. The number of aromatic amines is 1. The average molecular weight is 441 g/mol. The van der Waals surface area contributed by atoms with Gasteiger partial charge in [0.05, 0.1) is 15.9 Å². The number of carbonyl (C=O) groups excluding carboxylic acids is 1. The number of hydrogen-bond acceptors (Lipinski definition) is 5. The SMILES string of the molecule is O=C(CCc1nc2ccccc2[nH]c1=O)NCc1ccc(S(=O)(=O)N2CCCC2)cc1. The van der Waals surface area contributed by atoms with Gasteiger partial charge in [0.15, 0.2) is 0 Å². The number of nitrogens with one attached hydrogen (secondary N) is 2. The lowest BCUT2D eigenvalue weighted by atomic mass is 10.2. The van der Waals surface area contributed by atoms with Crippen LogP contribution < -0.4 is 10.9 Å². The van der Waals surface area contributed by atoms with Gasteiger partial charge in [-0.1, -0.05) is 24.3 Å². The van der Waals surface area contributed by atoms with E-state index in [1.807, 2.05) is 18.2 Å². The number of para-hydroxylation sites is 2. The molecule has 0 spiro atoms. The molecule has 1 aliphatic heterocycles. The van der Waals surface area contributed by atoms with E-state index in [1.54, 1.807) is 30.3 Å². The second kappa shape index (κ2) is 8.99. The zero-order chi connectivity index (χ0) is 21.8. The first-order valence-electron chi connectivity index (χ1n) is 10.3. The zero-order valence-electron chi connectivity index (χ0n) is 17.0. The van der Waals surface area contributed by atoms with Crippen molar-refractivity contribution in [3.8, 4) is 0 Å². The Balaban J connectivity index is 1.32. The van der Waals surface area contributed by atoms with Crippen molar-refractivity contribution in [2.75, 3.05) is 13.1 Å². The highest BCUT2D eigenvalue weighted by Crippen LogP contribution is 2.21. The van der Waals surface area contributed by atoms with E-state index in [0.29, 0.717) is 29.8 Å². The van der Waals surface area contributed by atoms with Crippen LogP contribution in [0.25, 0.3) is 11.0 Å². The van der Waals surface area contributed by atoms with Crippen LogP contribution in [0.4, 0.5) is 0 Å². The molecule has 2 N–H and O–H groups in total. The molecule has 162 valence electrons. The van der Waals surface area contributed by atoms with Gasteiger partial charge in [0, 0.05) is 32.5 Å². The molecule has 2 aromatic carbocycles. The van der Waals surface area contributed by atoms with E-state index in [2.05, 4.69) is 15.3 Å². The summed E-state index contributed by atoms with van der Waals surface area (Å²) in [6.07, 6.45) is 2.16. The maximum Gasteiger partial charge on any atom is 0.270 e. The maximum atomic E-state index is 12.6. The summed E-state index contributed by atoms with van der Waals surface area (Å²) >= 11 is 0. The van der Waals surface area contributed by atoms with Gasteiger partial charge in [-0.25, -0.2) is 13.4 Å². The average Bonchev–Trinajstić information content (AvgIpc) is 3.32. The Morgan fingerprint density at radius 2 is 1.77 bits per heavy atom. The number of nitrogens with zero attached hydrogens (tertiary/aromatic N) is 2. The van der Waals surface area contributed by atoms with Crippen LogP contribution >= 0.6 is 0 Å². The minimum atomic E-state index is -3.44. The summed E-state index contributed by atoms with van der Waals surface area (Å²) in [6, 6.07) is 13.8. The van der Waals surface area contributed by atoms with E-state index in [0.717, 1.165) is 18.4 Å². The predicted molar refractivity (Wildman–Crippen MR) is 117 cm³/mol. The van der Waals surface area contributed by atoms with Gasteiger partial charge in [0.1, 0.15) is 5.69 Å². The first-order chi connectivity index (χ1) is 14.9. The minimum absolute atomic E-state index is 0.135. The molecule has 1 amide bonds. The summed E-state index contributed by atoms with van der Waals surface area (Å²) in [5.74, 6) is -0.205. The van der Waals surface area contributed by atoms with Crippen LogP contribution in [-0.4, -0.2) is 41.7 Å². The Morgan fingerprint density at radius 1 is 1.06 bits per heavy atom. The Hall–Kier alpha value is -3.04. The van der Waals surface area contributed by atoms with Gasteiger partial charge >= 0.3 is 0 Å². The Morgan fingerprint density at radius 3 is 2.52 bits per heavy atom. The third-order valence-corrected chi connectivity index (χ3v) is 7.29. The van der Waals surface area contributed by atoms with Crippen molar-refractivity contribution in [3.63, 3.8) is 0 Å². The fourth-order valence-corrected chi connectivity index (χ4v) is 5.13. The molecule has 0 bridgehead atoms. The van der Waals surface area contributed by atoms with Gasteiger partial charge in [-0.05, 0) is 42.7 Å². The number of carbonyl (C=O) groups is 1. The number of amides is 1. The highest BCUT2D eigenvalue weighted by Gasteiger charge is 2.26. The highest BCUT2D eigenvalue weighted by atomic mass is 32.2. The minimum Gasteiger partial charge on any atom is -0.352 e. The van der Waals surface area contributed by atoms with Gasteiger partial charge < -0.3 is 10.3 Å². The van der Waals surface area contributed by atoms with Crippen molar-refractivity contribution < 1.29 is 13.2 Å². The van der Waals surface area contributed by atoms with E-state index in [1.165, 1.54) is 4.31 Å². The third kappa shape index (κ3) is 4.83. The van der Waals surface area contributed by atoms with E-state index in [-0.39, 0.29) is 35.7 Å². The Bertz CT molecular complexity index is 1250. The largest absolute Gasteiger partial charge is 0.352 e. The number of aromatic nitrogens is 2. The summed E-state index contributed by atoms with van der Waals surface area (Å²) in [5, 5.41) is 2.80. The number of H-pyrrole nitrogens is 1. The van der Waals surface area contributed by atoms with Crippen LogP contribution in [0.2, 0.25) is 0 Å². The second-order valence-corrected chi connectivity index (χ2v) is 9.50. The van der Waals surface area contributed by atoms with Crippen LogP contribution in [0, 0.1) is 0 Å².